The van der Waals surface area contributed by atoms with E-state index in [0.717, 1.165) is 28.5 Å². The SMILES string of the molecule is CCOc1ccc(-c2nc(CO)c(C)n2C)cc1. The van der Waals surface area contributed by atoms with E-state index < -0.39 is 0 Å². The van der Waals surface area contributed by atoms with Gasteiger partial charge in [-0.25, -0.2) is 4.98 Å². The highest BCUT2D eigenvalue weighted by molar-refractivity contribution is 5.58. The van der Waals surface area contributed by atoms with Crippen molar-refractivity contribution in [3.05, 3.63) is 35.7 Å². The van der Waals surface area contributed by atoms with Gasteiger partial charge in [-0.1, -0.05) is 0 Å². The van der Waals surface area contributed by atoms with Gasteiger partial charge in [-0.2, -0.15) is 0 Å². The van der Waals surface area contributed by atoms with Crippen molar-refractivity contribution in [2.75, 3.05) is 6.61 Å². The van der Waals surface area contributed by atoms with E-state index in [4.69, 9.17) is 4.74 Å². The van der Waals surface area contributed by atoms with Crippen LogP contribution in [0, 0.1) is 6.92 Å². The first kappa shape index (κ1) is 12.6. The number of hydrogen-bond donors (Lipinski definition) is 1. The van der Waals surface area contributed by atoms with E-state index in [1.54, 1.807) is 0 Å². The van der Waals surface area contributed by atoms with Crippen molar-refractivity contribution in [2.24, 2.45) is 7.05 Å². The minimum Gasteiger partial charge on any atom is -0.494 e. The summed E-state index contributed by atoms with van der Waals surface area (Å²) in [6.07, 6.45) is 0. The summed E-state index contributed by atoms with van der Waals surface area (Å²) in [5.41, 5.74) is 2.73. The van der Waals surface area contributed by atoms with E-state index in [2.05, 4.69) is 4.98 Å². The predicted molar refractivity (Wildman–Crippen MR) is 70.5 cm³/mol. The van der Waals surface area contributed by atoms with Gasteiger partial charge in [-0.15, -0.1) is 0 Å². The normalized spacial score (nSPS) is 10.7. The van der Waals surface area contributed by atoms with Crippen LogP contribution in [-0.2, 0) is 13.7 Å². The van der Waals surface area contributed by atoms with Gasteiger partial charge < -0.3 is 14.4 Å². The average molecular weight is 246 g/mol. The highest BCUT2D eigenvalue weighted by Crippen LogP contribution is 2.23. The minimum atomic E-state index is -0.0310. The number of nitrogens with zero attached hydrogens (tertiary/aromatic N) is 2. The van der Waals surface area contributed by atoms with Gasteiger partial charge >= 0.3 is 0 Å². The molecule has 18 heavy (non-hydrogen) atoms. The number of imidazole rings is 1. The summed E-state index contributed by atoms with van der Waals surface area (Å²) in [7, 11) is 1.95. The van der Waals surface area contributed by atoms with Crippen LogP contribution in [0.2, 0.25) is 0 Å². The van der Waals surface area contributed by atoms with Crippen molar-refractivity contribution in [1.82, 2.24) is 9.55 Å². The van der Waals surface area contributed by atoms with Gasteiger partial charge in [0.1, 0.15) is 11.6 Å². The molecule has 1 N–H and O–H groups in total. The fraction of sp³-hybridized carbons (Fsp3) is 0.357. The Hall–Kier alpha value is -1.81. The van der Waals surface area contributed by atoms with E-state index in [9.17, 15) is 5.11 Å². The number of benzene rings is 1. The largest absolute Gasteiger partial charge is 0.494 e. The molecule has 0 spiro atoms. The fourth-order valence-electron chi connectivity index (χ4n) is 1.91. The summed E-state index contributed by atoms with van der Waals surface area (Å²) in [4.78, 5) is 4.45. The number of ether oxygens (including phenoxy) is 1. The van der Waals surface area contributed by atoms with Crippen molar-refractivity contribution in [3.63, 3.8) is 0 Å². The zero-order chi connectivity index (χ0) is 13.1. The molecule has 2 aromatic rings. The van der Waals surface area contributed by atoms with Gasteiger partial charge in [0.2, 0.25) is 0 Å². The predicted octanol–water partition coefficient (Wildman–Crippen LogP) is 2.29. The molecule has 0 saturated heterocycles. The van der Waals surface area contributed by atoms with Gasteiger partial charge in [-0.05, 0) is 38.1 Å². The molecule has 0 fully saturated rings. The van der Waals surface area contributed by atoms with Crippen molar-refractivity contribution in [1.29, 1.82) is 0 Å². The van der Waals surface area contributed by atoms with Crippen molar-refractivity contribution < 1.29 is 9.84 Å². The second kappa shape index (κ2) is 5.23. The molecule has 0 aliphatic heterocycles. The first-order valence-electron chi connectivity index (χ1n) is 6.03. The van der Waals surface area contributed by atoms with Crippen LogP contribution >= 0.6 is 0 Å². The third-order valence-corrected chi connectivity index (χ3v) is 3.05. The number of aromatic nitrogens is 2. The highest BCUT2D eigenvalue weighted by Gasteiger charge is 2.11. The van der Waals surface area contributed by atoms with Gasteiger partial charge in [0.05, 0.1) is 18.9 Å². The van der Waals surface area contributed by atoms with Crippen LogP contribution in [-0.4, -0.2) is 21.3 Å². The van der Waals surface area contributed by atoms with Crippen LogP contribution in [0.1, 0.15) is 18.3 Å². The lowest BCUT2D eigenvalue weighted by Gasteiger charge is -2.05. The Morgan fingerprint density at radius 2 is 1.94 bits per heavy atom. The quantitative estimate of drug-likeness (QED) is 0.900. The molecule has 0 atom stereocenters. The summed E-state index contributed by atoms with van der Waals surface area (Å²) >= 11 is 0. The Labute approximate surface area is 107 Å². The maximum atomic E-state index is 9.22. The number of aliphatic hydroxyl groups is 1. The van der Waals surface area contributed by atoms with E-state index in [0.29, 0.717) is 6.61 Å². The zero-order valence-corrected chi connectivity index (χ0v) is 11.0. The summed E-state index contributed by atoms with van der Waals surface area (Å²) in [6.45, 7) is 4.55. The summed E-state index contributed by atoms with van der Waals surface area (Å²) in [5, 5.41) is 9.22. The standard InChI is InChI=1S/C14H18N2O2/c1-4-18-12-7-5-11(6-8-12)14-15-13(9-17)10(2)16(14)3/h5-8,17H,4,9H2,1-3H3. The van der Waals surface area contributed by atoms with Crippen LogP contribution in [0.3, 0.4) is 0 Å². The smallest absolute Gasteiger partial charge is 0.140 e. The first-order chi connectivity index (χ1) is 8.67. The number of aliphatic hydroxyl groups excluding tert-OH is 1. The molecule has 0 bridgehead atoms. The van der Waals surface area contributed by atoms with Crippen LogP contribution in [0.15, 0.2) is 24.3 Å². The van der Waals surface area contributed by atoms with Crippen LogP contribution < -0.4 is 4.74 Å². The Bertz CT molecular complexity index is 529. The molecular formula is C14H18N2O2. The van der Waals surface area contributed by atoms with Gasteiger partial charge in [0, 0.05) is 18.3 Å². The average Bonchev–Trinajstić information content (AvgIpc) is 2.68. The van der Waals surface area contributed by atoms with Gasteiger partial charge in [0.25, 0.3) is 0 Å². The molecule has 0 saturated carbocycles. The molecule has 4 heteroatoms. The second-order valence-corrected chi connectivity index (χ2v) is 4.14. The summed E-state index contributed by atoms with van der Waals surface area (Å²) in [5.74, 6) is 1.72. The van der Waals surface area contributed by atoms with Gasteiger partial charge in [-0.3, -0.25) is 0 Å². The molecule has 1 aromatic heterocycles. The third-order valence-electron chi connectivity index (χ3n) is 3.05. The molecule has 1 heterocycles. The summed E-state index contributed by atoms with van der Waals surface area (Å²) < 4.78 is 7.40. The molecule has 0 aliphatic rings. The second-order valence-electron chi connectivity index (χ2n) is 4.14. The van der Waals surface area contributed by atoms with Crippen molar-refractivity contribution >= 4 is 0 Å². The lowest BCUT2D eigenvalue weighted by atomic mass is 10.2. The highest BCUT2D eigenvalue weighted by atomic mass is 16.5. The number of rotatable bonds is 4. The maximum Gasteiger partial charge on any atom is 0.140 e. The zero-order valence-electron chi connectivity index (χ0n) is 11.0. The maximum absolute atomic E-state index is 9.22. The monoisotopic (exact) mass is 246 g/mol. The van der Waals surface area contributed by atoms with Crippen LogP contribution in [0.25, 0.3) is 11.4 Å². The lowest BCUT2D eigenvalue weighted by molar-refractivity contribution is 0.276. The fourth-order valence-corrected chi connectivity index (χ4v) is 1.91. The van der Waals surface area contributed by atoms with Gasteiger partial charge in [0.15, 0.2) is 0 Å². The topological polar surface area (TPSA) is 47.3 Å². The van der Waals surface area contributed by atoms with Crippen molar-refractivity contribution in [3.8, 4) is 17.1 Å². The van der Waals surface area contributed by atoms with E-state index >= 15 is 0 Å². The Balaban J connectivity index is 2.36. The van der Waals surface area contributed by atoms with Crippen molar-refractivity contribution in [2.45, 2.75) is 20.5 Å². The number of hydrogen-bond acceptors (Lipinski definition) is 3. The Morgan fingerprint density at radius 1 is 1.28 bits per heavy atom. The van der Waals surface area contributed by atoms with E-state index in [1.807, 2.05) is 49.7 Å². The molecule has 0 unspecified atom stereocenters. The van der Waals surface area contributed by atoms with E-state index in [-0.39, 0.29) is 6.61 Å². The molecule has 2 rings (SSSR count). The lowest BCUT2D eigenvalue weighted by Crippen LogP contribution is -1.96. The minimum absolute atomic E-state index is 0.0310. The molecule has 0 radical (unpaired) electrons. The Morgan fingerprint density at radius 3 is 2.44 bits per heavy atom. The van der Waals surface area contributed by atoms with E-state index in [1.165, 1.54) is 0 Å². The molecule has 96 valence electrons. The molecule has 1 aromatic carbocycles. The first-order valence-corrected chi connectivity index (χ1v) is 6.03. The molecule has 0 aliphatic carbocycles. The molecule has 4 nitrogen and oxygen atoms in total. The van der Waals surface area contributed by atoms with Crippen LogP contribution in [0.4, 0.5) is 0 Å². The molecular weight excluding hydrogens is 228 g/mol. The Kier molecular flexibility index (Phi) is 3.67. The third kappa shape index (κ3) is 2.24. The summed E-state index contributed by atoms with van der Waals surface area (Å²) in [6, 6.07) is 7.82. The van der Waals surface area contributed by atoms with Crippen LogP contribution in [0.5, 0.6) is 5.75 Å². The molecule has 0 amide bonds.